The minimum atomic E-state index is -4.42. The number of alkyl halides is 3. The molecule has 1 aliphatic rings. The second-order valence-corrected chi connectivity index (χ2v) is 6.84. The molecular weight excluding hydrogens is 369 g/mol. The number of carbonyl (C=O) groups excluding carboxylic acids is 2. The molecule has 2 amide bonds. The van der Waals surface area contributed by atoms with Crippen LogP contribution in [0.4, 0.5) is 18.9 Å². The predicted molar refractivity (Wildman–Crippen MR) is 99.6 cm³/mol. The molecule has 0 radical (unpaired) electrons. The zero-order chi connectivity index (χ0) is 20.3. The summed E-state index contributed by atoms with van der Waals surface area (Å²) >= 11 is 0. The van der Waals surface area contributed by atoms with Gasteiger partial charge in [0.15, 0.2) is 0 Å². The monoisotopic (exact) mass is 390 g/mol. The van der Waals surface area contributed by atoms with Gasteiger partial charge in [0.05, 0.1) is 11.5 Å². The largest absolute Gasteiger partial charge is 0.416 e. The molecular formula is C21H21F3N2O2. The van der Waals surface area contributed by atoms with Crippen LogP contribution in [-0.2, 0) is 28.7 Å². The second-order valence-electron chi connectivity index (χ2n) is 6.84. The molecule has 148 valence electrons. The predicted octanol–water partition coefficient (Wildman–Crippen LogP) is 3.94. The van der Waals surface area contributed by atoms with Crippen LogP contribution in [0, 0.1) is 5.92 Å². The minimum Gasteiger partial charge on any atom is -0.352 e. The second kappa shape index (κ2) is 8.04. The lowest BCUT2D eigenvalue weighted by molar-refractivity contribution is -0.137. The minimum absolute atomic E-state index is 0.0152. The van der Waals surface area contributed by atoms with Crippen LogP contribution in [-0.4, -0.2) is 18.4 Å². The fraction of sp³-hybridized carbons (Fsp3) is 0.333. The van der Waals surface area contributed by atoms with Gasteiger partial charge in [0.1, 0.15) is 0 Å². The quantitative estimate of drug-likeness (QED) is 0.841. The van der Waals surface area contributed by atoms with Gasteiger partial charge >= 0.3 is 6.18 Å². The van der Waals surface area contributed by atoms with Crippen molar-refractivity contribution < 1.29 is 22.8 Å². The lowest BCUT2D eigenvalue weighted by Crippen LogP contribution is -2.32. The maximum absolute atomic E-state index is 12.8. The molecule has 0 aromatic heterocycles. The van der Waals surface area contributed by atoms with E-state index in [-0.39, 0.29) is 31.3 Å². The first kappa shape index (κ1) is 19.9. The molecule has 0 spiro atoms. The van der Waals surface area contributed by atoms with Gasteiger partial charge in [-0.15, -0.1) is 0 Å². The summed E-state index contributed by atoms with van der Waals surface area (Å²) < 4.78 is 38.3. The number of aryl methyl sites for hydroxylation is 1. The van der Waals surface area contributed by atoms with Gasteiger partial charge in [-0.3, -0.25) is 9.59 Å². The molecule has 0 bridgehead atoms. The maximum atomic E-state index is 12.8. The Labute approximate surface area is 161 Å². The molecule has 1 aliphatic heterocycles. The Morgan fingerprint density at radius 1 is 1.14 bits per heavy atom. The topological polar surface area (TPSA) is 49.4 Å². The number of nitrogens with zero attached hydrogens (tertiary/aromatic N) is 1. The van der Waals surface area contributed by atoms with Crippen LogP contribution < -0.4 is 10.2 Å². The van der Waals surface area contributed by atoms with E-state index < -0.39 is 17.7 Å². The van der Waals surface area contributed by atoms with E-state index in [0.29, 0.717) is 5.56 Å². The molecule has 7 heteroatoms. The molecule has 3 rings (SSSR count). The van der Waals surface area contributed by atoms with Crippen LogP contribution in [0.1, 0.15) is 30.0 Å². The number of anilines is 1. The number of hydrogen-bond donors (Lipinski definition) is 1. The van der Waals surface area contributed by atoms with Gasteiger partial charge in [-0.2, -0.15) is 13.2 Å². The van der Waals surface area contributed by atoms with Crippen molar-refractivity contribution in [1.82, 2.24) is 5.32 Å². The number of nitrogens with one attached hydrogen (secondary N) is 1. The standard InChI is InChI=1S/C21H21F3N2O2/c1-2-14-6-8-18(9-7-14)26-13-16(11-19(26)27)20(28)25-12-15-4-3-5-17(10-15)21(22,23)24/h3-10,16H,2,11-13H2,1H3,(H,25,28). The van der Waals surface area contributed by atoms with Crippen molar-refractivity contribution in [2.75, 3.05) is 11.4 Å². The Kier molecular flexibility index (Phi) is 5.72. The third-order valence-electron chi connectivity index (χ3n) is 4.87. The average Bonchev–Trinajstić information content (AvgIpc) is 3.07. The summed E-state index contributed by atoms with van der Waals surface area (Å²) in [7, 11) is 0. The lowest BCUT2D eigenvalue weighted by Gasteiger charge is -2.17. The normalized spacial score (nSPS) is 17.1. The number of amides is 2. The van der Waals surface area contributed by atoms with Gasteiger partial charge in [-0.1, -0.05) is 31.2 Å². The fourth-order valence-electron chi connectivity index (χ4n) is 3.24. The molecule has 4 nitrogen and oxygen atoms in total. The van der Waals surface area contributed by atoms with Gasteiger partial charge in [0.25, 0.3) is 0 Å². The van der Waals surface area contributed by atoms with Gasteiger partial charge in [-0.25, -0.2) is 0 Å². The zero-order valence-corrected chi connectivity index (χ0v) is 15.4. The highest BCUT2D eigenvalue weighted by atomic mass is 19.4. The van der Waals surface area contributed by atoms with Crippen LogP contribution in [0.3, 0.4) is 0 Å². The van der Waals surface area contributed by atoms with Gasteiger partial charge < -0.3 is 10.2 Å². The smallest absolute Gasteiger partial charge is 0.352 e. The summed E-state index contributed by atoms with van der Waals surface area (Å²) in [6.07, 6.45) is -3.44. The van der Waals surface area contributed by atoms with Gasteiger partial charge in [-0.05, 0) is 41.8 Å². The van der Waals surface area contributed by atoms with Crippen molar-refractivity contribution >= 4 is 17.5 Å². The highest BCUT2D eigenvalue weighted by molar-refractivity contribution is 6.00. The van der Waals surface area contributed by atoms with Crippen LogP contribution in [0.2, 0.25) is 0 Å². The van der Waals surface area contributed by atoms with E-state index in [4.69, 9.17) is 0 Å². The summed E-state index contributed by atoms with van der Waals surface area (Å²) in [5.41, 5.74) is 1.51. The van der Waals surface area contributed by atoms with Gasteiger partial charge in [0.2, 0.25) is 11.8 Å². The highest BCUT2D eigenvalue weighted by Gasteiger charge is 2.35. The first-order valence-electron chi connectivity index (χ1n) is 9.11. The van der Waals surface area contributed by atoms with Crippen molar-refractivity contribution in [1.29, 1.82) is 0 Å². The van der Waals surface area contributed by atoms with E-state index >= 15 is 0 Å². The van der Waals surface area contributed by atoms with Crippen molar-refractivity contribution in [3.63, 3.8) is 0 Å². The molecule has 1 unspecified atom stereocenters. The van der Waals surface area contributed by atoms with Crippen molar-refractivity contribution in [3.05, 3.63) is 65.2 Å². The average molecular weight is 390 g/mol. The van der Waals surface area contributed by atoms with E-state index in [2.05, 4.69) is 5.32 Å². The third-order valence-corrected chi connectivity index (χ3v) is 4.87. The Morgan fingerprint density at radius 2 is 1.86 bits per heavy atom. The van der Waals surface area contributed by atoms with E-state index in [1.165, 1.54) is 12.1 Å². The molecule has 28 heavy (non-hydrogen) atoms. The third kappa shape index (κ3) is 4.52. The fourth-order valence-corrected chi connectivity index (χ4v) is 3.24. The van der Waals surface area contributed by atoms with Crippen LogP contribution in [0.25, 0.3) is 0 Å². The molecule has 1 heterocycles. The van der Waals surface area contributed by atoms with Crippen LogP contribution >= 0.6 is 0 Å². The number of benzene rings is 2. The maximum Gasteiger partial charge on any atom is 0.416 e. The molecule has 0 aliphatic carbocycles. The van der Waals surface area contributed by atoms with E-state index in [0.717, 1.165) is 29.8 Å². The summed E-state index contributed by atoms with van der Waals surface area (Å²) in [5, 5.41) is 2.65. The van der Waals surface area contributed by atoms with E-state index in [9.17, 15) is 22.8 Å². The molecule has 1 N–H and O–H groups in total. The first-order valence-corrected chi connectivity index (χ1v) is 9.11. The molecule has 1 saturated heterocycles. The lowest BCUT2D eigenvalue weighted by atomic mass is 10.1. The number of rotatable bonds is 5. The van der Waals surface area contributed by atoms with Crippen LogP contribution in [0.15, 0.2) is 48.5 Å². The van der Waals surface area contributed by atoms with E-state index in [1.54, 1.807) is 4.90 Å². The van der Waals surface area contributed by atoms with E-state index in [1.807, 2.05) is 31.2 Å². The zero-order valence-electron chi connectivity index (χ0n) is 15.4. The summed E-state index contributed by atoms with van der Waals surface area (Å²) in [5.74, 6) is -0.994. The van der Waals surface area contributed by atoms with Crippen LogP contribution in [0.5, 0.6) is 0 Å². The summed E-state index contributed by atoms with van der Waals surface area (Å²) in [6.45, 7) is 2.29. The summed E-state index contributed by atoms with van der Waals surface area (Å²) in [4.78, 5) is 26.3. The van der Waals surface area contributed by atoms with Crippen molar-refractivity contribution in [2.45, 2.75) is 32.5 Å². The number of hydrogen-bond acceptors (Lipinski definition) is 2. The molecule has 1 fully saturated rings. The number of halogens is 3. The molecule has 2 aromatic rings. The first-order chi connectivity index (χ1) is 13.3. The molecule has 0 saturated carbocycles. The molecule has 1 atom stereocenters. The number of carbonyl (C=O) groups is 2. The molecule has 2 aromatic carbocycles. The Bertz CT molecular complexity index is 863. The Morgan fingerprint density at radius 3 is 2.50 bits per heavy atom. The SMILES string of the molecule is CCc1ccc(N2CC(C(=O)NCc3cccc(C(F)(F)F)c3)CC2=O)cc1. The van der Waals surface area contributed by atoms with Crippen molar-refractivity contribution in [3.8, 4) is 0 Å². The Hall–Kier alpha value is -2.83. The highest BCUT2D eigenvalue weighted by Crippen LogP contribution is 2.30. The summed E-state index contributed by atoms with van der Waals surface area (Å²) in [6, 6.07) is 12.5. The van der Waals surface area contributed by atoms with Gasteiger partial charge in [0, 0.05) is 25.2 Å². The Balaban J connectivity index is 1.60. The van der Waals surface area contributed by atoms with Crippen molar-refractivity contribution in [2.24, 2.45) is 5.92 Å².